The van der Waals surface area contributed by atoms with Crippen molar-refractivity contribution < 1.29 is 0 Å². The second-order valence-corrected chi connectivity index (χ2v) is 6.46. The summed E-state index contributed by atoms with van der Waals surface area (Å²) in [6, 6.07) is 9.85. The Bertz CT molecular complexity index is 534. The number of aromatic nitrogens is 1. The highest BCUT2D eigenvalue weighted by Crippen LogP contribution is 2.31. The van der Waals surface area contributed by atoms with E-state index in [0.717, 1.165) is 30.3 Å². The number of halogens is 3. The van der Waals surface area contributed by atoms with E-state index in [4.69, 9.17) is 11.6 Å². The van der Waals surface area contributed by atoms with Crippen LogP contribution in [0.2, 0.25) is 5.02 Å². The second-order valence-electron chi connectivity index (χ2n) is 3.32. The predicted octanol–water partition coefficient (Wildman–Crippen LogP) is 5.55. The normalized spacial score (nSPS) is 10.5. The van der Waals surface area contributed by atoms with Gasteiger partial charge >= 0.3 is 0 Å². The molecule has 0 atom stereocenters. The van der Waals surface area contributed by atoms with Crippen LogP contribution >= 0.6 is 55.2 Å². The number of rotatable bonds is 3. The number of pyridine rings is 1. The molecule has 0 N–H and O–H groups in total. The molecule has 0 spiro atoms. The molecule has 2 aromatic rings. The molecule has 0 radical (unpaired) electrons. The van der Waals surface area contributed by atoms with Crippen molar-refractivity contribution in [2.45, 2.75) is 10.8 Å². The van der Waals surface area contributed by atoms with Gasteiger partial charge in [-0.3, -0.25) is 0 Å². The maximum absolute atomic E-state index is 6.10. The molecule has 0 aliphatic heterocycles. The van der Waals surface area contributed by atoms with E-state index < -0.39 is 0 Å². The van der Waals surface area contributed by atoms with E-state index in [1.165, 1.54) is 0 Å². The van der Waals surface area contributed by atoms with Crippen molar-refractivity contribution in [3.05, 3.63) is 56.1 Å². The van der Waals surface area contributed by atoms with E-state index in [0.29, 0.717) is 0 Å². The molecular formula is C12H8Br2ClNS. The van der Waals surface area contributed by atoms with Crippen LogP contribution in [0, 0.1) is 0 Å². The molecule has 17 heavy (non-hydrogen) atoms. The van der Waals surface area contributed by atoms with Gasteiger partial charge in [-0.25, -0.2) is 4.98 Å². The fourth-order valence-corrected chi connectivity index (χ4v) is 3.75. The molecule has 88 valence electrons. The summed E-state index contributed by atoms with van der Waals surface area (Å²) >= 11 is 14.6. The average Bonchev–Trinajstić information content (AvgIpc) is 2.30. The van der Waals surface area contributed by atoms with Gasteiger partial charge in [0.2, 0.25) is 0 Å². The van der Waals surface area contributed by atoms with Gasteiger partial charge in [0.15, 0.2) is 0 Å². The summed E-state index contributed by atoms with van der Waals surface area (Å²) in [6.07, 6.45) is 1.79. The van der Waals surface area contributed by atoms with Gasteiger partial charge in [-0.15, -0.1) is 11.8 Å². The van der Waals surface area contributed by atoms with Gasteiger partial charge in [-0.2, -0.15) is 0 Å². The number of nitrogens with zero attached hydrogens (tertiary/aromatic N) is 1. The molecule has 0 aliphatic carbocycles. The summed E-state index contributed by atoms with van der Waals surface area (Å²) in [5.41, 5.74) is 1.12. The largest absolute Gasteiger partial charge is 0.248 e. The first-order valence-corrected chi connectivity index (χ1v) is 7.79. The van der Waals surface area contributed by atoms with Crippen LogP contribution in [-0.4, -0.2) is 4.98 Å². The molecule has 1 aromatic heterocycles. The topological polar surface area (TPSA) is 12.9 Å². The molecule has 0 amide bonds. The first-order valence-electron chi connectivity index (χ1n) is 4.84. The lowest BCUT2D eigenvalue weighted by Gasteiger charge is -2.05. The smallest absolute Gasteiger partial charge is 0.111 e. The second kappa shape index (κ2) is 6.23. The van der Waals surface area contributed by atoms with Gasteiger partial charge in [0.1, 0.15) is 5.03 Å². The number of hydrogen-bond acceptors (Lipinski definition) is 2. The number of benzene rings is 1. The molecule has 5 heteroatoms. The summed E-state index contributed by atoms with van der Waals surface area (Å²) in [7, 11) is 0. The molecule has 0 fully saturated rings. The standard InChI is InChI=1S/C12H8Br2ClNS/c13-9-5-10(14)12(16-6-9)17-7-8-3-1-2-4-11(8)15/h1-6H,7H2. The fraction of sp³-hybridized carbons (Fsp3) is 0.0833. The van der Waals surface area contributed by atoms with Crippen LogP contribution in [0.15, 0.2) is 50.5 Å². The third kappa shape index (κ3) is 3.71. The first-order chi connectivity index (χ1) is 8.16. The molecule has 0 bridgehead atoms. The average molecular weight is 394 g/mol. The third-order valence-electron chi connectivity index (χ3n) is 2.10. The van der Waals surface area contributed by atoms with Gasteiger partial charge < -0.3 is 0 Å². The zero-order valence-corrected chi connectivity index (χ0v) is 13.4. The Labute approximate surface area is 126 Å². The van der Waals surface area contributed by atoms with Crippen LogP contribution in [0.3, 0.4) is 0 Å². The van der Waals surface area contributed by atoms with Crippen molar-refractivity contribution in [3.63, 3.8) is 0 Å². The minimum atomic E-state index is 0.799. The van der Waals surface area contributed by atoms with E-state index in [2.05, 4.69) is 36.8 Å². The summed E-state index contributed by atoms with van der Waals surface area (Å²) < 4.78 is 1.95. The molecule has 0 unspecified atom stereocenters. The monoisotopic (exact) mass is 391 g/mol. The van der Waals surface area contributed by atoms with E-state index in [1.54, 1.807) is 18.0 Å². The van der Waals surface area contributed by atoms with Crippen LogP contribution in [0.5, 0.6) is 0 Å². The minimum Gasteiger partial charge on any atom is -0.248 e. The number of thioether (sulfide) groups is 1. The van der Waals surface area contributed by atoms with Crippen LogP contribution in [0.4, 0.5) is 0 Å². The highest BCUT2D eigenvalue weighted by Gasteiger charge is 2.05. The highest BCUT2D eigenvalue weighted by atomic mass is 79.9. The highest BCUT2D eigenvalue weighted by molar-refractivity contribution is 9.11. The molecule has 1 aromatic carbocycles. The van der Waals surface area contributed by atoms with Gasteiger partial charge in [-0.1, -0.05) is 29.8 Å². The SMILES string of the molecule is Clc1ccccc1CSc1ncc(Br)cc1Br. The third-order valence-corrected chi connectivity index (χ3v) is 4.82. The zero-order valence-electron chi connectivity index (χ0n) is 8.66. The van der Waals surface area contributed by atoms with Crippen LogP contribution in [0.1, 0.15) is 5.56 Å². The van der Waals surface area contributed by atoms with E-state index in [9.17, 15) is 0 Å². The molecule has 0 saturated heterocycles. The Morgan fingerprint density at radius 2 is 2.00 bits per heavy atom. The van der Waals surface area contributed by atoms with Crippen molar-refractivity contribution in [1.82, 2.24) is 4.98 Å². The van der Waals surface area contributed by atoms with Crippen molar-refractivity contribution in [3.8, 4) is 0 Å². The summed E-state index contributed by atoms with van der Waals surface area (Å²) in [5.74, 6) is 0.812. The maximum Gasteiger partial charge on any atom is 0.111 e. The Kier molecular flexibility index (Phi) is 4.91. The van der Waals surface area contributed by atoms with Crippen LogP contribution in [-0.2, 0) is 5.75 Å². The summed E-state index contributed by atoms with van der Waals surface area (Å²) in [5, 5.41) is 1.77. The summed E-state index contributed by atoms with van der Waals surface area (Å²) in [4.78, 5) is 4.35. The lowest BCUT2D eigenvalue weighted by molar-refractivity contribution is 1.10. The van der Waals surface area contributed by atoms with Crippen molar-refractivity contribution >= 4 is 55.2 Å². The Hall–Kier alpha value is -0.0300. The predicted molar refractivity (Wildman–Crippen MR) is 80.7 cm³/mol. The Morgan fingerprint density at radius 3 is 2.71 bits per heavy atom. The summed E-state index contributed by atoms with van der Waals surface area (Å²) in [6.45, 7) is 0. The maximum atomic E-state index is 6.10. The molecule has 1 nitrogen and oxygen atoms in total. The minimum absolute atomic E-state index is 0.799. The molecule has 2 rings (SSSR count). The lowest BCUT2D eigenvalue weighted by atomic mass is 10.2. The quantitative estimate of drug-likeness (QED) is 0.634. The molecule has 0 saturated carbocycles. The van der Waals surface area contributed by atoms with Crippen molar-refractivity contribution in [2.75, 3.05) is 0 Å². The first kappa shape index (κ1) is 13.4. The molecule has 0 aliphatic rings. The van der Waals surface area contributed by atoms with Crippen LogP contribution in [0.25, 0.3) is 0 Å². The van der Waals surface area contributed by atoms with E-state index in [-0.39, 0.29) is 0 Å². The molecule has 1 heterocycles. The molecular weight excluding hydrogens is 385 g/mol. The van der Waals surface area contributed by atoms with Crippen LogP contribution < -0.4 is 0 Å². The number of hydrogen-bond donors (Lipinski definition) is 0. The van der Waals surface area contributed by atoms with Crippen molar-refractivity contribution in [2.24, 2.45) is 0 Å². The Morgan fingerprint density at radius 1 is 1.24 bits per heavy atom. The van der Waals surface area contributed by atoms with Gasteiger partial charge in [0, 0.05) is 21.4 Å². The fourth-order valence-electron chi connectivity index (χ4n) is 1.27. The van der Waals surface area contributed by atoms with Gasteiger partial charge in [0.25, 0.3) is 0 Å². The lowest BCUT2D eigenvalue weighted by Crippen LogP contribution is -1.86. The van der Waals surface area contributed by atoms with E-state index in [1.807, 2.05) is 30.3 Å². The zero-order chi connectivity index (χ0) is 12.3. The Balaban J connectivity index is 2.10. The van der Waals surface area contributed by atoms with Crippen molar-refractivity contribution in [1.29, 1.82) is 0 Å². The van der Waals surface area contributed by atoms with Gasteiger partial charge in [-0.05, 0) is 49.6 Å². The van der Waals surface area contributed by atoms with Gasteiger partial charge in [0.05, 0.1) is 4.47 Å². The van der Waals surface area contributed by atoms with E-state index >= 15 is 0 Å².